The lowest BCUT2D eigenvalue weighted by Gasteiger charge is -2.33. The molecule has 0 radical (unpaired) electrons. The summed E-state index contributed by atoms with van der Waals surface area (Å²) in [6.07, 6.45) is 7.76. The van der Waals surface area contributed by atoms with Gasteiger partial charge in [-0.25, -0.2) is 0 Å². The van der Waals surface area contributed by atoms with E-state index in [2.05, 4.69) is 41.2 Å². The maximum absolute atomic E-state index is 5.71. The molecule has 2 saturated heterocycles. The molecule has 2 aliphatic heterocycles. The van der Waals surface area contributed by atoms with E-state index < -0.39 is 0 Å². The Hall–Kier alpha value is -0.840. The summed E-state index contributed by atoms with van der Waals surface area (Å²) in [7, 11) is 0. The second-order valence-corrected chi connectivity index (χ2v) is 9.05. The first-order valence-corrected chi connectivity index (χ1v) is 12.3. The molecule has 184 valence electrons. The molecule has 1 aromatic heterocycles. The van der Waals surface area contributed by atoms with E-state index in [4.69, 9.17) is 14.1 Å². The van der Waals surface area contributed by atoms with Crippen LogP contribution in [-0.4, -0.2) is 86.4 Å². The van der Waals surface area contributed by atoms with E-state index in [1.54, 1.807) is 6.26 Å². The van der Waals surface area contributed by atoms with E-state index in [9.17, 15) is 0 Å². The van der Waals surface area contributed by atoms with Gasteiger partial charge >= 0.3 is 0 Å². The number of hydrogen-bond acceptors (Lipinski definition) is 5. The second-order valence-electron chi connectivity index (χ2n) is 9.05. The molecule has 3 rings (SSSR count). The van der Waals surface area contributed by atoms with Crippen LogP contribution >= 0.6 is 24.0 Å². The van der Waals surface area contributed by atoms with Crippen LogP contribution in [0.3, 0.4) is 0 Å². The van der Waals surface area contributed by atoms with Crippen molar-refractivity contribution in [2.24, 2.45) is 4.99 Å². The molecule has 0 amide bonds. The number of aliphatic imine (C=N–C) groups is 1. The standard InChI is InChI=1S/C24H43N5O2.HI/c1-4-29-13-5-7-22(29)19-26-24(25-12-9-23-8-6-17-31-23)27-21-10-14-28(15-11-21)16-18-30-20(2)3;/h6,8,17,20-22H,4-5,7,9-16,18-19H2,1-3H3,(H2,25,26,27);1H. The maximum Gasteiger partial charge on any atom is 0.191 e. The van der Waals surface area contributed by atoms with E-state index in [0.29, 0.717) is 18.2 Å². The summed E-state index contributed by atoms with van der Waals surface area (Å²) in [5.41, 5.74) is 0. The number of furan rings is 1. The number of halogens is 1. The van der Waals surface area contributed by atoms with Crippen molar-refractivity contribution >= 4 is 29.9 Å². The molecule has 1 aromatic rings. The van der Waals surface area contributed by atoms with Gasteiger partial charge in [0.05, 0.1) is 25.5 Å². The maximum atomic E-state index is 5.71. The fourth-order valence-corrected chi connectivity index (χ4v) is 4.54. The molecule has 2 aliphatic rings. The minimum absolute atomic E-state index is 0. The van der Waals surface area contributed by atoms with Gasteiger partial charge in [0.2, 0.25) is 0 Å². The van der Waals surface area contributed by atoms with Crippen molar-refractivity contribution in [3.05, 3.63) is 24.2 Å². The number of rotatable bonds is 11. The lowest BCUT2D eigenvalue weighted by molar-refractivity contribution is 0.0532. The van der Waals surface area contributed by atoms with Gasteiger partial charge in [0.25, 0.3) is 0 Å². The Morgan fingerprint density at radius 1 is 1.25 bits per heavy atom. The Morgan fingerprint density at radius 2 is 2.06 bits per heavy atom. The van der Waals surface area contributed by atoms with Crippen LogP contribution in [0.1, 0.15) is 52.2 Å². The van der Waals surface area contributed by atoms with E-state index in [1.807, 2.05) is 12.1 Å². The van der Waals surface area contributed by atoms with Crippen molar-refractivity contribution in [3.8, 4) is 0 Å². The number of nitrogens with one attached hydrogen (secondary N) is 2. The molecule has 1 atom stereocenters. The number of likely N-dealkylation sites (tertiary alicyclic amines) is 2. The average Bonchev–Trinajstić information content (AvgIpc) is 3.44. The molecule has 1 unspecified atom stereocenters. The molecule has 0 aliphatic carbocycles. The topological polar surface area (TPSA) is 65.3 Å². The first-order chi connectivity index (χ1) is 15.1. The van der Waals surface area contributed by atoms with Crippen LogP contribution in [0, 0.1) is 0 Å². The summed E-state index contributed by atoms with van der Waals surface area (Å²) < 4.78 is 11.2. The number of guanidine groups is 1. The van der Waals surface area contributed by atoms with Gasteiger partial charge in [-0.1, -0.05) is 6.92 Å². The molecule has 0 saturated carbocycles. The van der Waals surface area contributed by atoms with Gasteiger partial charge < -0.3 is 24.7 Å². The molecule has 2 N–H and O–H groups in total. The molecule has 8 heteroatoms. The normalized spacial score (nSPS) is 21.1. The van der Waals surface area contributed by atoms with Crippen molar-refractivity contribution in [2.45, 2.75) is 71.1 Å². The van der Waals surface area contributed by atoms with Crippen LogP contribution in [0.5, 0.6) is 0 Å². The van der Waals surface area contributed by atoms with Crippen molar-refractivity contribution < 1.29 is 9.15 Å². The molecule has 0 spiro atoms. The number of piperidine rings is 1. The Morgan fingerprint density at radius 3 is 2.75 bits per heavy atom. The third-order valence-corrected chi connectivity index (χ3v) is 6.40. The van der Waals surface area contributed by atoms with E-state index >= 15 is 0 Å². The largest absolute Gasteiger partial charge is 0.469 e. The van der Waals surface area contributed by atoms with Gasteiger partial charge in [-0.15, -0.1) is 24.0 Å². The van der Waals surface area contributed by atoms with Crippen LogP contribution in [0.25, 0.3) is 0 Å². The highest BCUT2D eigenvalue weighted by Gasteiger charge is 2.23. The Labute approximate surface area is 211 Å². The summed E-state index contributed by atoms with van der Waals surface area (Å²) in [4.78, 5) is 10.1. The van der Waals surface area contributed by atoms with Gasteiger partial charge in [-0.2, -0.15) is 0 Å². The minimum Gasteiger partial charge on any atom is -0.469 e. The lowest BCUT2D eigenvalue weighted by Crippen LogP contribution is -2.49. The van der Waals surface area contributed by atoms with Gasteiger partial charge in [0, 0.05) is 44.7 Å². The smallest absolute Gasteiger partial charge is 0.191 e. The third-order valence-electron chi connectivity index (χ3n) is 6.40. The van der Waals surface area contributed by atoms with E-state index in [1.165, 1.54) is 19.4 Å². The van der Waals surface area contributed by atoms with Crippen LogP contribution in [0.15, 0.2) is 27.8 Å². The summed E-state index contributed by atoms with van der Waals surface area (Å²) in [6, 6.07) is 5.03. The number of ether oxygens (including phenoxy) is 1. The van der Waals surface area contributed by atoms with Crippen molar-refractivity contribution in [1.82, 2.24) is 20.4 Å². The first kappa shape index (κ1) is 27.4. The SMILES string of the molecule is CCN1CCCC1CN=C(NCCc1ccco1)NC1CCN(CCOC(C)C)CC1.I. The van der Waals surface area contributed by atoms with Crippen LogP contribution in [-0.2, 0) is 11.2 Å². The number of hydrogen-bond donors (Lipinski definition) is 2. The van der Waals surface area contributed by atoms with Crippen LogP contribution < -0.4 is 10.6 Å². The fourth-order valence-electron chi connectivity index (χ4n) is 4.54. The zero-order valence-electron chi connectivity index (χ0n) is 20.2. The Bertz CT molecular complexity index is 632. The number of nitrogens with zero attached hydrogens (tertiary/aromatic N) is 3. The van der Waals surface area contributed by atoms with Gasteiger partial charge in [0.15, 0.2) is 5.96 Å². The average molecular weight is 562 g/mol. The molecular weight excluding hydrogens is 517 g/mol. The highest BCUT2D eigenvalue weighted by molar-refractivity contribution is 14.0. The van der Waals surface area contributed by atoms with Crippen LogP contribution in [0.2, 0.25) is 0 Å². The van der Waals surface area contributed by atoms with Gasteiger partial charge in [-0.05, 0) is 64.8 Å². The van der Waals surface area contributed by atoms with Crippen molar-refractivity contribution in [2.75, 3.05) is 52.4 Å². The van der Waals surface area contributed by atoms with Gasteiger partial charge in [0.1, 0.15) is 5.76 Å². The second kappa shape index (κ2) is 15.1. The zero-order valence-corrected chi connectivity index (χ0v) is 22.6. The molecule has 0 bridgehead atoms. The summed E-state index contributed by atoms with van der Waals surface area (Å²) in [5.74, 6) is 1.97. The Kier molecular flexibility index (Phi) is 13.0. The first-order valence-electron chi connectivity index (χ1n) is 12.3. The summed E-state index contributed by atoms with van der Waals surface area (Å²) >= 11 is 0. The van der Waals surface area contributed by atoms with E-state index in [-0.39, 0.29) is 24.0 Å². The predicted molar refractivity (Wildman–Crippen MR) is 142 cm³/mol. The molecular formula is C24H44IN5O2. The molecule has 32 heavy (non-hydrogen) atoms. The lowest BCUT2D eigenvalue weighted by atomic mass is 10.1. The highest BCUT2D eigenvalue weighted by atomic mass is 127. The Balaban J connectivity index is 0.00000363. The summed E-state index contributed by atoms with van der Waals surface area (Å²) in [6.45, 7) is 14.6. The van der Waals surface area contributed by atoms with E-state index in [0.717, 1.165) is 76.9 Å². The molecule has 0 aromatic carbocycles. The van der Waals surface area contributed by atoms with Crippen LogP contribution in [0.4, 0.5) is 0 Å². The predicted octanol–water partition coefficient (Wildman–Crippen LogP) is 3.35. The van der Waals surface area contributed by atoms with Gasteiger partial charge in [-0.3, -0.25) is 9.89 Å². The zero-order chi connectivity index (χ0) is 21.9. The quantitative estimate of drug-likeness (QED) is 0.246. The minimum atomic E-state index is 0. The molecule has 2 fully saturated rings. The molecule has 7 nitrogen and oxygen atoms in total. The van der Waals surface area contributed by atoms with Crippen molar-refractivity contribution in [3.63, 3.8) is 0 Å². The summed E-state index contributed by atoms with van der Waals surface area (Å²) in [5, 5.41) is 7.27. The monoisotopic (exact) mass is 561 g/mol. The molecule has 3 heterocycles. The fraction of sp³-hybridized carbons (Fsp3) is 0.792. The van der Waals surface area contributed by atoms with Crippen molar-refractivity contribution in [1.29, 1.82) is 0 Å². The number of likely N-dealkylation sites (N-methyl/N-ethyl adjacent to an activating group) is 1. The highest BCUT2D eigenvalue weighted by Crippen LogP contribution is 2.17. The third kappa shape index (κ3) is 9.57.